The smallest absolute Gasteiger partial charge is 0.101 e. The summed E-state index contributed by atoms with van der Waals surface area (Å²) in [7, 11) is 0. The Bertz CT molecular complexity index is 396. The number of hydrazine groups is 1. The van der Waals surface area contributed by atoms with E-state index >= 15 is 0 Å². The van der Waals surface area contributed by atoms with Gasteiger partial charge in [-0.2, -0.15) is 0 Å². The number of hydrogen-bond donors (Lipinski definition) is 2. The van der Waals surface area contributed by atoms with Crippen LogP contribution >= 0.6 is 11.5 Å². The first kappa shape index (κ1) is 9.39. The van der Waals surface area contributed by atoms with Gasteiger partial charge in [0.1, 0.15) is 5.76 Å². The molecule has 0 aliphatic heterocycles. The maximum absolute atomic E-state index is 5.49. The van der Waals surface area contributed by atoms with Crippen molar-refractivity contribution in [3.63, 3.8) is 0 Å². The highest BCUT2D eigenvalue weighted by atomic mass is 32.1. The first-order valence-electron chi connectivity index (χ1n) is 4.23. The van der Waals surface area contributed by atoms with Crippen LogP contribution in [0.2, 0.25) is 0 Å². The summed E-state index contributed by atoms with van der Waals surface area (Å²) in [6.45, 7) is 1.91. The van der Waals surface area contributed by atoms with E-state index in [0.29, 0.717) is 0 Å². The molecule has 14 heavy (non-hydrogen) atoms. The molecule has 0 bridgehead atoms. The molecule has 2 aromatic heterocycles. The summed E-state index contributed by atoms with van der Waals surface area (Å²) in [5, 5.41) is 0. The van der Waals surface area contributed by atoms with Crippen molar-refractivity contribution in [2.75, 3.05) is 0 Å². The Labute approximate surface area is 85.9 Å². The maximum Gasteiger partial charge on any atom is 0.101 e. The van der Waals surface area contributed by atoms with Gasteiger partial charge >= 0.3 is 0 Å². The third-order valence-corrected chi connectivity index (χ3v) is 2.80. The van der Waals surface area contributed by atoms with Crippen molar-refractivity contribution < 1.29 is 4.42 Å². The fourth-order valence-electron chi connectivity index (χ4n) is 1.33. The second-order valence-electron chi connectivity index (χ2n) is 3.01. The van der Waals surface area contributed by atoms with Crippen LogP contribution < -0.4 is 11.3 Å². The summed E-state index contributed by atoms with van der Waals surface area (Å²) in [6.07, 6.45) is 3.47. The van der Waals surface area contributed by atoms with Crippen molar-refractivity contribution in [2.24, 2.45) is 5.84 Å². The molecule has 5 heteroatoms. The number of nitrogens with zero attached hydrogens (tertiary/aromatic N) is 1. The largest absolute Gasteiger partial charge is 0.469 e. The van der Waals surface area contributed by atoms with Gasteiger partial charge in [-0.25, -0.2) is 9.80 Å². The average Bonchev–Trinajstić information content (AvgIpc) is 2.79. The second-order valence-corrected chi connectivity index (χ2v) is 3.87. The summed E-state index contributed by atoms with van der Waals surface area (Å²) in [6, 6.07) is 3.88. The van der Waals surface area contributed by atoms with E-state index in [0.717, 1.165) is 16.2 Å². The van der Waals surface area contributed by atoms with Gasteiger partial charge in [-0.15, -0.1) is 0 Å². The molecule has 0 aliphatic rings. The minimum Gasteiger partial charge on any atom is -0.469 e. The first-order valence-corrected chi connectivity index (χ1v) is 5.00. The first-order chi connectivity index (χ1) is 6.81. The predicted molar refractivity (Wildman–Crippen MR) is 54.7 cm³/mol. The van der Waals surface area contributed by atoms with Crippen molar-refractivity contribution >= 4 is 11.5 Å². The van der Waals surface area contributed by atoms with Crippen LogP contribution in [0.15, 0.2) is 29.0 Å². The summed E-state index contributed by atoms with van der Waals surface area (Å²) in [4.78, 5) is 1.08. The lowest BCUT2D eigenvalue weighted by molar-refractivity contribution is 0.526. The molecule has 0 spiro atoms. The lowest BCUT2D eigenvalue weighted by Crippen LogP contribution is -2.27. The average molecular weight is 209 g/mol. The monoisotopic (exact) mass is 209 g/mol. The zero-order valence-electron chi connectivity index (χ0n) is 7.73. The van der Waals surface area contributed by atoms with Crippen LogP contribution in [0.1, 0.15) is 22.2 Å². The van der Waals surface area contributed by atoms with Gasteiger partial charge in [0.05, 0.1) is 12.3 Å². The number of nitrogens with one attached hydrogen (secondary N) is 1. The zero-order chi connectivity index (χ0) is 9.97. The molecule has 74 valence electrons. The maximum atomic E-state index is 5.49. The number of nitrogens with two attached hydrogens (primary N) is 1. The quantitative estimate of drug-likeness (QED) is 0.595. The summed E-state index contributed by atoms with van der Waals surface area (Å²) >= 11 is 1.43. The second kappa shape index (κ2) is 3.91. The number of aryl methyl sites for hydroxylation is 1. The van der Waals surface area contributed by atoms with Gasteiger partial charge in [-0.1, -0.05) is 0 Å². The SMILES string of the molecule is Cc1cc(C(NN)c2ccns2)co1. The van der Waals surface area contributed by atoms with Crippen LogP contribution in [0.25, 0.3) is 0 Å². The molecule has 0 radical (unpaired) electrons. The summed E-state index contributed by atoms with van der Waals surface area (Å²) in [5.74, 6) is 6.37. The third-order valence-electron chi connectivity index (χ3n) is 1.99. The number of hydrogen-bond acceptors (Lipinski definition) is 5. The Morgan fingerprint density at radius 2 is 2.50 bits per heavy atom. The van der Waals surface area contributed by atoms with E-state index in [1.54, 1.807) is 12.5 Å². The van der Waals surface area contributed by atoms with Gasteiger partial charge in [-0.05, 0) is 30.6 Å². The lowest BCUT2D eigenvalue weighted by atomic mass is 10.1. The number of rotatable bonds is 3. The molecule has 2 heterocycles. The Kier molecular flexibility index (Phi) is 2.62. The van der Waals surface area contributed by atoms with E-state index in [1.807, 2.05) is 19.1 Å². The van der Waals surface area contributed by atoms with E-state index in [9.17, 15) is 0 Å². The molecule has 0 aliphatic carbocycles. The fourth-order valence-corrected chi connectivity index (χ4v) is 2.01. The molecular formula is C9H11N3OS. The third kappa shape index (κ3) is 1.70. The Balaban J connectivity index is 2.31. The normalized spacial score (nSPS) is 13.0. The van der Waals surface area contributed by atoms with E-state index < -0.39 is 0 Å². The van der Waals surface area contributed by atoms with Crippen LogP contribution in [0.3, 0.4) is 0 Å². The highest BCUT2D eigenvalue weighted by Crippen LogP contribution is 2.25. The van der Waals surface area contributed by atoms with Crippen molar-refractivity contribution in [2.45, 2.75) is 13.0 Å². The van der Waals surface area contributed by atoms with Gasteiger partial charge in [0, 0.05) is 16.6 Å². The molecule has 0 amide bonds. The molecule has 0 saturated heterocycles. The van der Waals surface area contributed by atoms with Gasteiger partial charge in [-0.3, -0.25) is 5.84 Å². The molecule has 3 N–H and O–H groups in total. The molecule has 2 rings (SSSR count). The van der Waals surface area contributed by atoms with Gasteiger partial charge in [0.25, 0.3) is 0 Å². The van der Waals surface area contributed by atoms with Crippen LogP contribution in [-0.2, 0) is 0 Å². The highest BCUT2D eigenvalue weighted by Gasteiger charge is 2.15. The summed E-state index contributed by atoms with van der Waals surface area (Å²) < 4.78 is 9.27. The molecule has 0 aromatic carbocycles. The summed E-state index contributed by atoms with van der Waals surface area (Å²) in [5.41, 5.74) is 3.77. The van der Waals surface area contributed by atoms with Crippen LogP contribution in [0.4, 0.5) is 0 Å². The van der Waals surface area contributed by atoms with Crippen LogP contribution in [-0.4, -0.2) is 4.37 Å². The minimum atomic E-state index is -0.0278. The molecule has 0 fully saturated rings. The standard InChI is InChI=1S/C9H11N3OS/c1-6-4-7(5-13-6)9(12-10)8-2-3-11-14-8/h2-5,9,12H,10H2,1H3. The predicted octanol–water partition coefficient (Wildman–Crippen LogP) is 1.60. The van der Waals surface area contributed by atoms with Crippen molar-refractivity contribution in [1.82, 2.24) is 9.80 Å². The zero-order valence-corrected chi connectivity index (χ0v) is 8.54. The van der Waals surface area contributed by atoms with Crippen LogP contribution in [0.5, 0.6) is 0 Å². The number of aromatic nitrogens is 1. The van der Waals surface area contributed by atoms with E-state index in [4.69, 9.17) is 10.3 Å². The van der Waals surface area contributed by atoms with Crippen molar-refractivity contribution in [3.05, 3.63) is 40.8 Å². The lowest BCUT2D eigenvalue weighted by Gasteiger charge is -2.10. The molecule has 4 nitrogen and oxygen atoms in total. The van der Waals surface area contributed by atoms with Gasteiger partial charge in [0.15, 0.2) is 0 Å². The Hall–Kier alpha value is -1.17. The van der Waals surface area contributed by atoms with E-state index in [1.165, 1.54) is 11.5 Å². The van der Waals surface area contributed by atoms with Gasteiger partial charge < -0.3 is 4.42 Å². The molecule has 0 saturated carbocycles. The minimum absolute atomic E-state index is 0.0278. The van der Waals surface area contributed by atoms with Crippen molar-refractivity contribution in [3.8, 4) is 0 Å². The molecular weight excluding hydrogens is 198 g/mol. The van der Waals surface area contributed by atoms with Gasteiger partial charge in [0.2, 0.25) is 0 Å². The Morgan fingerprint density at radius 3 is 3.00 bits per heavy atom. The number of furan rings is 1. The molecule has 1 unspecified atom stereocenters. The molecule has 1 atom stereocenters. The molecule has 2 aromatic rings. The van der Waals surface area contributed by atoms with E-state index in [-0.39, 0.29) is 6.04 Å². The Morgan fingerprint density at radius 1 is 1.64 bits per heavy atom. The van der Waals surface area contributed by atoms with Crippen LogP contribution in [0, 0.1) is 6.92 Å². The van der Waals surface area contributed by atoms with E-state index in [2.05, 4.69) is 9.80 Å². The topological polar surface area (TPSA) is 64.1 Å². The van der Waals surface area contributed by atoms with Crippen molar-refractivity contribution in [1.29, 1.82) is 0 Å². The highest BCUT2D eigenvalue weighted by molar-refractivity contribution is 7.05. The fraction of sp³-hybridized carbons (Fsp3) is 0.222.